The standard InChI is InChI=1S/C27H24N2O3/c1-3-8-19-13-14-25(26(15-19)31-2)32-18-27(30)29-28-17-24-22-11-6-4-9-20(22)16-21-10-5-7-12-23(21)24/h3-7,9-17H,1,8,18H2,2H3,(H,29,30). The largest absolute Gasteiger partial charge is 0.493 e. The van der Waals surface area contributed by atoms with Crippen molar-refractivity contribution in [2.45, 2.75) is 6.42 Å². The van der Waals surface area contributed by atoms with E-state index in [1.54, 1.807) is 19.4 Å². The molecule has 0 aromatic heterocycles. The minimum atomic E-state index is -0.358. The Morgan fingerprint density at radius 1 is 0.969 bits per heavy atom. The molecule has 0 aliphatic carbocycles. The van der Waals surface area contributed by atoms with Crippen LogP contribution in [0.4, 0.5) is 0 Å². The molecule has 0 unspecified atom stereocenters. The van der Waals surface area contributed by atoms with Crippen molar-refractivity contribution < 1.29 is 14.3 Å². The zero-order valence-electron chi connectivity index (χ0n) is 17.9. The fourth-order valence-corrected chi connectivity index (χ4v) is 3.66. The summed E-state index contributed by atoms with van der Waals surface area (Å²) >= 11 is 0. The predicted octanol–water partition coefficient (Wildman–Crippen LogP) is 5.26. The molecule has 5 nitrogen and oxygen atoms in total. The average Bonchev–Trinajstić information content (AvgIpc) is 2.82. The zero-order valence-corrected chi connectivity index (χ0v) is 17.9. The van der Waals surface area contributed by atoms with Crippen LogP contribution in [-0.2, 0) is 11.2 Å². The number of hydrogen-bond donors (Lipinski definition) is 1. The second-order valence-corrected chi connectivity index (χ2v) is 7.29. The Hall–Kier alpha value is -4.12. The molecule has 0 spiro atoms. The van der Waals surface area contributed by atoms with Crippen LogP contribution in [0.3, 0.4) is 0 Å². The van der Waals surface area contributed by atoms with Crippen LogP contribution in [0, 0.1) is 0 Å². The van der Waals surface area contributed by atoms with Crippen molar-refractivity contribution >= 4 is 33.7 Å². The number of amides is 1. The van der Waals surface area contributed by atoms with Crippen molar-refractivity contribution in [3.05, 3.63) is 96.6 Å². The highest BCUT2D eigenvalue weighted by Crippen LogP contribution is 2.29. The molecule has 1 amide bonds. The molecule has 0 bridgehead atoms. The molecule has 32 heavy (non-hydrogen) atoms. The van der Waals surface area contributed by atoms with E-state index in [2.05, 4.69) is 47.4 Å². The SMILES string of the molecule is C=CCc1ccc(OCC(=O)NN=Cc2c3ccccc3cc3ccccc23)c(OC)c1. The number of nitrogens with zero attached hydrogens (tertiary/aromatic N) is 1. The van der Waals surface area contributed by atoms with Gasteiger partial charge in [0.1, 0.15) is 0 Å². The Kier molecular flexibility index (Phi) is 6.46. The molecule has 0 aliphatic heterocycles. The average molecular weight is 425 g/mol. The van der Waals surface area contributed by atoms with Crippen LogP contribution in [0.5, 0.6) is 11.5 Å². The molecule has 0 atom stereocenters. The number of carbonyl (C=O) groups excluding carboxylic acids is 1. The van der Waals surface area contributed by atoms with Crippen LogP contribution < -0.4 is 14.9 Å². The highest BCUT2D eigenvalue weighted by molar-refractivity contribution is 6.13. The van der Waals surface area contributed by atoms with Crippen LogP contribution in [0.1, 0.15) is 11.1 Å². The third-order valence-corrected chi connectivity index (χ3v) is 5.16. The van der Waals surface area contributed by atoms with Gasteiger partial charge in [-0.05, 0) is 51.7 Å². The summed E-state index contributed by atoms with van der Waals surface area (Å²) < 4.78 is 11.0. The topological polar surface area (TPSA) is 59.9 Å². The van der Waals surface area contributed by atoms with Crippen LogP contribution >= 0.6 is 0 Å². The lowest BCUT2D eigenvalue weighted by Crippen LogP contribution is -2.24. The molecule has 0 saturated heterocycles. The first-order valence-electron chi connectivity index (χ1n) is 10.3. The summed E-state index contributed by atoms with van der Waals surface area (Å²) in [5.41, 5.74) is 4.57. The molecule has 160 valence electrons. The molecule has 0 fully saturated rings. The summed E-state index contributed by atoms with van der Waals surface area (Å²) in [7, 11) is 1.57. The molecular formula is C27H24N2O3. The lowest BCUT2D eigenvalue weighted by Gasteiger charge is -2.11. The van der Waals surface area contributed by atoms with Crippen molar-refractivity contribution in [3.63, 3.8) is 0 Å². The maximum Gasteiger partial charge on any atom is 0.277 e. The molecular weight excluding hydrogens is 400 g/mol. The second kappa shape index (κ2) is 9.79. The van der Waals surface area contributed by atoms with Crippen LogP contribution in [0.2, 0.25) is 0 Å². The van der Waals surface area contributed by atoms with Crippen molar-refractivity contribution in [2.75, 3.05) is 13.7 Å². The van der Waals surface area contributed by atoms with Gasteiger partial charge < -0.3 is 9.47 Å². The molecule has 0 saturated carbocycles. The van der Waals surface area contributed by atoms with Gasteiger partial charge in [0.05, 0.1) is 13.3 Å². The Bertz CT molecular complexity index is 1260. The molecule has 5 heteroatoms. The maximum atomic E-state index is 12.3. The Morgan fingerprint density at radius 3 is 2.31 bits per heavy atom. The lowest BCUT2D eigenvalue weighted by atomic mass is 9.97. The van der Waals surface area contributed by atoms with Gasteiger partial charge >= 0.3 is 0 Å². The summed E-state index contributed by atoms with van der Waals surface area (Å²) in [5, 5.41) is 8.58. The fourth-order valence-electron chi connectivity index (χ4n) is 3.66. The summed E-state index contributed by atoms with van der Waals surface area (Å²) in [6.07, 6.45) is 4.24. The van der Waals surface area contributed by atoms with Crippen LogP contribution in [0.15, 0.2) is 90.6 Å². The van der Waals surface area contributed by atoms with E-state index in [1.807, 2.05) is 42.5 Å². The van der Waals surface area contributed by atoms with Crippen LogP contribution in [0.25, 0.3) is 21.5 Å². The van der Waals surface area contributed by atoms with Gasteiger partial charge in [-0.25, -0.2) is 5.43 Å². The van der Waals surface area contributed by atoms with Gasteiger partial charge in [-0.2, -0.15) is 5.10 Å². The molecule has 0 heterocycles. The normalized spacial score (nSPS) is 11.0. The first-order chi connectivity index (χ1) is 15.7. The summed E-state index contributed by atoms with van der Waals surface area (Å²) in [6.45, 7) is 3.56. The molecule has 4 aromatic carbocycles. The number of allylic oxidation sites excluding steroid dienone is 1. The molecule has 0 aliphatic rings. The molecule has 4 aromatic rings. The van der Waals surface area contributed by atoms with Gasteiger partial charge in [-0.15, -0.1) is 6.58 Å². The van der Waals surface area contributed by atoms with Gasteiger partial charge in [-0.1, -0.05) is 60.7 Å². The van der Waals surface area contributed by atoms with Crippen LogP contribution in [-0.4, -0.2) is 25.8 Å². The minimum Gasteiger partial charge on any atom is -0.493 e. The van der Waals surface area contributed by atoms with E-state index in [-0.39, 0.29) is 12.5 Å². The highest BCUT2D eigenvalue weighted by atomic mass is 16.5. The number of benzene rings is 4. The number of ether oxygens (including phenoxy) is 2. The van der Waals surface area contributed by atoms with Gasteiger partial charge in [-0.3, -0.25) is 4.79 Å². The van der Waals surface area contributed by atoms with Gasteiger partial charge in [0.15, 0.2) is 18.1 Å². The van der Waals surface area contributed by atoms with E-state index in [9.17, 15) is 4.79 Å². The van der Waals surface area contributed by atoms with E-state index in [4.69, 9.17) is 9.47 Å². The van der Waals surface area contributed by atoms with Gasteiger partial charge in [0, 0.05) is 5.56 Å². The number of hydrogen-bond acceptors (Lipinski definition) is 4. The van der Waals surface area contributed by atoms with Crippen molar-refractivity contribution in [1.29, 1.82) is 0 Å². The van der Waals surface area contributed by atoms with Crippen molar-refractivity contribution in [2.24, 2.45) is 5.10 Å². The third kappa shape index (κ3) is 4.62. The fraction of sp³-hybridized carbons (Fsp3) is 0.111. The predicted molar refractivity (Wildman–Crippen MR) is 130 cm³/mol. The smallest absolute Gasteiger partial charge is 0.277 e. The number of hydrazone groups is 1. The number of nitrogens with one attached hydrogen (secondary N) is 1. The Labute approximate surface area is 187 Å². The van der Waals surface area contributed by atoms with Crippen molar-refractivity contribution in [3.8, 4) is 11.5 Å². The number of methoxy groups -OCH3 is 1. The molecule has 4 rings (SSSR count). The number of rotatable bonds is 8. The van der Waals surface area contributed by atoms with E-state index < -0.39 is 0 Å². The third-order valence-electron chi connectivity index (χ3n) is 5.16. The second-order valence-electron chi connectivity index (χ2n) is 7.29. The highest BCUT2D eigenvalue weighted by Gasteiger charge is 2.09. The number of carbonyl (C=O) groups is 1. The monoisotopic (exact) mass is 424 g/mol. The maximum absolute atomic E-state index is 12.3. The molecule has 1 N–H and O–H groups in total. The van der Waals surface area contributed by atoms with E-state index in [0.717, 1.165) is 39.1 Å². The first kappa shape index (κ1) is 21.1. The van der Waals surface area contributed by atoms with Gasteiger partial charge in [0.25, 0.3) is 5.91 Å². The Balaban J connectivity index is 1.47. The van der Waals surface area contributed by atoms with E-state index in [1.165, 1.54) is 0 Å². The van der Waals surface area contributed by atoms with E-state index in [0.29, 0.717) is 11.5 Å². The van der Waals surface area contributed by atoms with E-state index >= 15 is 0 Å². The zero-order chi connectivity index (χ0) is 22.3. The minimum absolute atomic E-state index is 0.176. The summed E-state index contributed by atoms with van der Waals surface area (Å²) in [6, 6.07) is 24.0. The Morgan fingerprint density at radius 2 is 1.66 bits per heavy atom. The lowest BCUT2D eigenvalue weighted by molar-refractivity contribution is -0.123. The number of fused-ring (bicyclic) bond motifs is 2. The summed E-state index contributed by atoms with van der Waals surface area (Å²) in [4.78, 5) is 12.3. The molecule has 0 radical (unpaired) electrons. The summed E-state index contributed by atoms with van der Waals surface area (Å²) in [5.74, 6) is 0.713. The van der Waals surface area contributed by atoms with Gasteiger partial charge in [0.2, 0.25) is 0 Å². The quantitative estimate of drug-likeness (QED) is 0.182. The first-order valence-corrected chi connectivity index (χ1v) is 10.3. The van der Waals surface area contributed by atoms with Crippen molar-refractivity contribution in [1.82, 2.24) is 5.43 Å².